The van der Waals surface area contributed by atoms with E-state index in [9.17, 15) is 4.79 Å². The van der Waals surface area contributed by atoms with Crippen molar-refractivity contribution < 1.29 is 14.3 Å². The van der Waals surface area contributed by atoms with Crippen LogP contribution in [0.15, 0.2) is 34.9 Å². The first-order valence-electron chi connectivity index (χ1n) is 5.68. The van der Waals surface area contributed by atoms with Gasteiger partial charge in [-0.25, -0.2) is 0 Å². The molecule has 2 heterocycles. The molecular weight excluding hydrogens is 262 g/mol. The molecule has 2 aromatic heterocycles. The van der Waals surface area contributed by atoms with Gasteiger partial charge in [-0.3, -0.25) is 4.79 Å². The number of nitrogens with zero attached hydrogens (tertiary/aromatic N) is 1. The third kappa shape index (κ3) is 3.47. The van der Waals surface area contributed by atoms with Crippen LogP contribution >= 0.6 is 11.3 Å². The second kappa shape index (κ2) is 6.23. The molecule has 0 aliphatic heterocycles. The number of aliphatic hydroxyl groups excluding tert-OH is 1. The second-order valence-electron chi connectivity index (χ2n) is 3.86. The summed E-state index contributed by atoms with van der Waals surface area (Å²) in [4.78, 5) is 15.1. The van der Waals surface area contributed by atoms with Crippen LogP contribution in [0.1, 0.15) is 20.3 Å². The lowest BCUT2D eigenvalue weighted by Crippen LogP contribution is -2.25. The van der Waals surface area contributed by atoms with Crippen molar-refractivity contribution in [3.05, 3.63) is 46.0 Å². The van der Waals surface area contributed by atoms with Gasteiger partial charge < -0.3 is 14.4 Å². The van der Waals surface area contributed by atoms with E-state index in [1.165, 1.54) is 11.3 Å². The molecule has 19 heavy (non-hydrogen) atoms. The van der Waals surface area contributed by atoms with E-state index in [4.69, 9.17) is 9.52 Å². The fourth-order valence-electron chi connectivity index (χ4n) is 1.54. The lowest BCUT2D eigenvalue weighted by Gasteiger charge is -2.14. The maximum Gasteiger partial charge on any atom is 0.264 e. The van der Waals surface area contributed by atoms with E-state index >= 15 is 0 Å². The third-order valence-electron chi connectivity index (χ3n) is 2.43. The zero-order chi connectivity index (χ0) is 13.7. The molecule has 98 valence electrons. The largest absolute Gasteiger partial charge is 0.467 e. The predicted octanol–water partition coefficient (Wildman–Crippen LogP) is 1.96. The van der Waals surface area contributed by atoms with Gasteiger partial charge in [-0.1, -0.05) is 11.8 Å². The van der Waals surface area contributed by atoms with Crippen molar-refractivity contribution in [2.45, 2.75) is 6.54 Å². The summed E-state index contributed by atoms with van der Waals surface area (Å²) in [6.07, 6.45) is 1.58. The molecule has 2 aromatic rings. The zero-order valence-electron chi connectivity index (χ0n) is 10.4. The van der Waals surface area contributed by atoms with Gasteiger partial charge in [0.05, 0.1) is 22.6 Å². The molecule has 2 rings (SSSR count). The molecule has 0 radical (unpaired) electrons. The van der Waals surface area contributed by atoms with Crippen molar-refractivity contribution in [3.63, 3.8) is 0 Å². The van der Waals surface area contributed by atoms with Crippen LogP contribution < -0.4 is 0 Å². The standard InChI is InChI=1S/C14H13NO3S/c1-15(10-11-4-3-9-18-11)14(17)13-7-6-12(19-13)5-2-8-16/h3-4,6-7,9,16H,8,10H2,1H3. The Balaban J connectivity index is 2.04. The number of aliphatic hydroxyl groups is 1. The summed E-state index contributed by atoms with van der Waals surface area (Å²) < 4.78 is 5.21. The van der Waals surface area contributed by atoms with Crippen LogP contribution in [0.4, 0.5) is 0 Å². The Morgan fingerprint density at radius 1 is 1.47 bits per heavy atom. The molecule has 0 atom stereocenters. The molecule has 0 unspecified atom stereocenters. The van der Waals surface area contributed by atoms with E-state index in [0.717, 1.165) is 10.6 Å². The fourth-order valence-corrected chi connectivity index (χ4v) is 2.42. The smallest absolute Gasteiger partial charge is 0.264 e. The average molecular weight is 275 g/mol. The number of hydrogen-bond acceptors (Lipinski definition) is 4. The molecular formula is C14H13NO3S. The molecule has 4 nitrogen and oxygen atoms in total. The topological polar surface area (TPSA) is 53.7 Å². The molecule has 1 amide bonds. The van der Waals surface area contributed by atoms with Crippen LogP contribution in [0.2, 0.25) is 0 Å². The highest BCUT2D eigenvalue weighted by molar-refractivity contribution is 7.14. The number of rotatable bonds is 3. The van der Waals surface area contributed by atoms with E-state index in [0.29, 0.717) is 11.4 Å². The van der Waals surface area contributed by atoms with E-state index in [-0.39, 0.29) is 12.5 Å². The molecule has 5 heteroatoms. The summed E-state index contributed by atoms with van der Waals surface area (Å²) in [6.45, 7) is 0.251. The van der Waals surface area contributed by atoms with Crippen molar-refractivity contribution >= 4 is 17.2 Å². The summed E-state index contributed by atoms with van der Waals surface area (Å²) in [7, 11) is 1.73. The SMILES string of the molecule is CN(Cc1ccco1)C(=O)c1ccc(C#CCO)s1. The summed E-state index contributed by atoms with van der Waals surface area (Å²) >= 11 is 1.32. The van der Waals surface area contributed by atoms with Crippen molar-refractivity contribution in [3.8, 4) is 11.8 Å². The minimum Gasteiger partial charge on any atom is -0.467 e. The lowest BCUT2D eigenvalue weighted by molar-refractivity contribution is 0.0780. The van der Waals surface area contributed by atoms with Crippen molar-refractivity contribution in [1.82, 2.24) is 4.90 Å². The number of thiophene rings is 1. The number of hydrogen-bond donors (Lipinski definition) is 1. The normalized spacial score (nSPS) is 9.79. The molecule has 0 saturated carbocycles. The summed E-state index contributed by atoms with van der Waals surface area (Å²) in [6, 6.07) is 7.14. The molecule has 0 aromatic carbocycles. The van der Waals surface area contributed by atoms with Crippen molar-refractivity contribution in [2.24, 2.45) is 0 Å². The number of amides is 1. The quantitative estimate of drug-likeness (QED) is 0.871. The Bertz CT molecular complexity index is 604. The summed E-state index contributed by atoms with van der Waals surface area (Å²) in [5.41, 5.74) is 0. The molecule has 0 fully saturated rings. The van der Waals surface area contributed by atoms with E-state index < -0.39 is 0 Å². The molecule has 0 bridgehead atoms. The Morgan fingerprint density at radius 2 is 2.32 bits per heavy atom. The van der Waals surface area contributed by atoms with E-state index in [1.54, 1.807) is 36.4 Å². The molecule has 0 aliphatic rings. The minimum atomic E-state index is -0.181. The van der Waals surface area contributed by atoms with Gasteiger partial charge in [0.25, 0.3) is 5.91 Å². The monoisotopic (exact) mass is 275 g/mol. The predicted molar refractivity (Wildman–Crippen MR) is 72.8 cm³/mol. The van der Waals surface area contributed by atoms with Gasteiger partial charge in [-0.2, -0.15) is 0 Å². The van der Waals surface area contributed by atoms with Crippen LogP contribution in [0, 0.1) is 11.8 Å². The van der Waals surface area contributed by atoms with Gasteiger partial charge in [-0.05, 0) is 24.3 Å². The van der Waals surface area contributed by atoms with Crippen LogP contribution in [0.3, 0.4) is 0 Å². The molecule has 1 N–H and O–H groups in total. The Morgan fingerprint density at radius 3 is 3.00 bits per heavy atom. The summed E-state index contributed by atoms with van der Waals surface area (Å²) in [5, 5.41) is 8.62. The number of furan rings is 1. The first-order valence-corrected chi connectivity index (χ1v) is 6.50. The maximum atomic E-state index is 12.2. The van der Waals surface area contributed by atoms with Crippen molar-refractivity contribution in [1.29, 1.82) is 0 Å². The average Bonchev–Trinajstić information content (AvgIpc) is 3.06. The third-order valence-corrected chi connectivity index (χ3v) is 3.42. The van der Waals surface area contributed by atoms with E-state index in [2.05, 4.69) is 11.8 Å². The van der Waals surface area contributed by atoms with Gasteiger partial charge in [0.2, 0.25) is 0 Å². The highest BCUT2D eigenvalue weighted by Gasteiger charge is 2.15. The molecule has 0 saturated heterocycles. The van der Waals surface area contributed by atoms with Gasteiger partial charge in [0.1, 0.15) is 12.4 Å². The fraction of sp³-hybridized carbons (Fsp3) is 0.214. The molecule has 0 aliphatic carbocycles. The second-order valence-corrected chi connectivity index (χ2v) is 4.95. The van der Waals surface area contributed by atoms with Gasteiger partial charge in [0, 0.05) is 7.05 Å². The summed E-state index contributed by atoms with van der Waals surface area (Å²) in [5.74, 6) is 6.01. The zero-order valence-corrected chi connectivity index (χ0v) is 11.2. The van der Waals surface area contributed by atoms with Crippen LogP contribution in [-0.4, -0.2) is 29.6 Å². The van der Waals surface area contributed by atoms with Crippen LogP contribution in [0.25, 0.3) is 0 Å². The number of carbonyl (C=O) groups excluding carboxylic acids is 1. The number of carbonyl (C=O) groups is 1. The maximum absolute atomic E-state index is 12.2. The molecule has 0 spiro atoms. The lowest BCUT2D eigenvalue weighted by atomic mass is 10.3. The van der Waals surface area contributed by atoms with E-state index in [1.807, 2.05) is 6.07 Å². The first kappa shape index (κ1) is 13.4. The highest BCUT2D eigenvalue weighted by Crippen LogP contribution is 2.18. The van der Waals surface area contributed by atoms with Gasteiger partial charge in [-0.15, -0.1) is 11.3 Å². The Hall–Kier alpha value is -2.03. The first-order chi connectivity index (χ1) is 9.20. The van der Waals surface area contributed by atoms with Crippen LogP contribution in [0.5, 0.6) is 0 Å². The Kier molecular flexibility index (Phi) is 4.39. The van der Waals surface area contributed by atoms with Crippen molar-refractivity contribution in [2.75, 3.05) is 13.7 Å². The van der Waals surface area contributed by atoms with Crippen LogP contribution in [-0.2, 0) is 6.54 Å². The van der Waals surface area contributed by atoms with Gasteiger partial charge in [0.15, 0.2) is 0 Å². The van der Waals surface area contributed by atoms with Gasteiger partial charge >= 0.3 is 0 Å². The minimum absolute atomic E-state index is 0.0709. The Labute approximate surface area is 115 Å². The highest BCUT2D eigenvalue weighted by atomic mass is 32.1.